The largest absolute Gasteiger partial charge is 0.481 e. The van der Waals surface area contributed by atoms with Crippen LogP contribution in [0.2, 0.25) is 0 Å². The van der Waals surface area contributed by atoms with Crippen LogP contribution in [0, 0.1) is 0 Å². The van der Waals surface area contributed by atoms with Gasteiger partial charge in [-0.2, -0.15) is 0 Å². The summed E-state index contributed by atoms with van der Waals surface area (Å²) in [6, 6.07) is 5.59. The van der Waals surface area contributed by atoms with Crippen molar-refractivity contribution in [2.45, 2.75) is 26.1 Å². The lowest BCUT2D eigenvalue weighted by Gasteiger charge is -2.22. The molecule has 0 bridgehead atoms. The summed E-state index contributed by atoms with van der Waals surface area (Å²) in [5.41, 5.74) is 6.09. The van der Waals surface area contributed by atoms with Gasteiger partial charge >= 0.3 is 0 Å². The molecule has 0 fully saturated rings. The number of hydrogen-bond acceptors (Lipinski definition) is 4. The van der Waals surface area contributed by atoms with Gasteiger partial charge in [0.05, 0.1) is 25.0 Å². The van der Waals surface area contributed by atoms with E-state index in [0.717, 1.165) is 5.69 Å². The predicted molar refractivity (Wildman–Crippen MR) is 58.7 cm³/mol. The standard InChI is InChI=1S/C11H18N2O2/c1-11(2,8-12)15-7-9-5-4-6-10(13-9)14-3/h4-6H,7-8,12H2,1-3H3. The van der Waals surface area contributed by atoms with E-state index in [-0.39, 0.29) is 5.60 Å². The van der Waals surface area contributed by atoms with E-state index in [9.17, 15) is 0 Å². The molecule has 0 aliphatic heterocycles. The molecule has 15 heavy (non-hydrogen) atoms. The molecule has 1 aromatic rings. The molecule has 0 atom stereocenters. The molecule has 2 N–H and O–H groups in total. The summed E-state index contributed by atoms with van der Waals surface area (Å²) in [4.78, 5) is 4.24. The van der Waals surface area contributed by atoms with Gasteiger partial charge in [0.1, 0.15) is 0 Å². The van der Waals surface area contributed by atoms with Gasteiger partial charge in [-0.3, -0.25) is 0 Å². The summed E-state index contributed by atoms with van der Waals surface area (Å²) in [5, 5.41) is 0. The topological polar surface area (TPSA) is 57.4 Å². The Labute approximate surface area is 90.4 Å². The average Bonchev–Trinajstić information content (AvgIpc) is 2.27. The monoisotopic (exact) mass is 210 g/mol. The van der Waals surface area contributed by atoms with E-state index < -0.39 is 0 Å². The Balaban J connectivity index is 2.57. The number of rotatable bonds is 5. The Morgan fingerprint density at radius 2 is 2.13 bits per heavy atom. The van der Waals surface area contributed by atoms with E-state index in [1.165, 1.54) is 0 Å². The summed E-state index contributed by atoms with van der Waals surface area (Å²) in [6.45, 7) is 4.83. The summed E-state index contributed by atoms with van der Waals surface area (Å²) in [6.07, 6.45) is 0. The second kappa shape index (κ2) is 5.09. The molecule has 0 spiro atoms. The fourth-order valence-electron chi connectivity index (χ4n) is 0.980. The molecule has 0 saturated heterocycles. The molecule has 1 rings (SSSR count). The van der Waals surface area contributed by atoms with Crippen LogP contribution in [-0.4, -0.2) is 24.2 Å². The van der Waals surface area contributed by atoms with Gasteiger partial charge in [0.15, 0.2) is 0 Å². The molecule has 0 aliphatic rings. The predicted octanol–water partition coefficient (Wildman–Crippen LogP) is 1.34. The molecule has 1 aromatic heterocycles. The van der Waals surface area contributed by atoms with Gasteiger partial charge in [0.25, 0.3) is 0 Å². The summed E-state index contributed by atoms with van der Waals surface area (Å²) in [5.74, 6) is 0.599. The first-order chi connectivity index (χ1) is 7.07. The third kappa shape index (κ3) is 3.85. The normalized spacial score (nSPS) is 11.5. The summed E-state index contributed by atoms with van der Waals surface area (Å²) in [7, 11) is 1.59. The minimum atomic E-state index is -0.315. The van der Waals surface area contributed by atoms with Gasteiger partial charge in [-0.1, -0.05) is 6.07 Å². The molecule has 1 heterocycles. The highest BCUT2D eigenvalue weighted by Crippen LogP contribution is 2.12. The Bertz CT molecular complexity index is 313. The first kappa shape index (κ1) is 11.9. The third-order valence-corrected chi connectivity index (χ3v) is 2.09. The first-order valence-corrected chi connectivity index (χ1v) is 4.91. The zero-order valence-corrected chi connectivity index (χ0v) is 9.49. The highest BCUT2D eigenvalue weighted by molar-refractivity contribution is 5.15. The molecule has 0 unspecified atom stereocenters. The minimum absolute atomic E-state index is 0.315. The molecule has 0 aliphatic carbocycles. The number of ether oxygens (including phenoxy) is 2. The summed E-state index contributed by atoms with van der Waals surface area (Å²) >= 11 is 0. The SMILES string of the molecule is COc1cccc(COC(C)(C)CN)n1. The number of hydrogen-bond donors (Lipinski definition) is 1. The van der Waals surface area contributed by atoms with Gasteiger partial charge in [-0.25, -0.2) is 4.98 Å². The maximum atomic E-state index is 5.62. The van der Waals surface area contributed by atoms with Crippen LogP contribution in [-0.2, 0) is 11.3 Å². The Morgan fingerprint density at radius 1 is 1.40 bits per heavy atom. The smallest absolute Gasteiger partial charge is 0.213 e. The minimum Gasteiger partial charge on any atom is -0.481 e. The second-order valence-electron chi connectivity index (χ2n) is 3.92. The first-order valence-electron chi connectivity index (χ1n) is 4.91. The highest BCUT2D eigenvalue weighted by Gasteiger charge is 2.15. The molecule has 0 amide bonds. The van der Waals surface area contributed by atoms with Gasteiger partial charge in [-0.15, -0.1) is 0 Å². The molecule has 0 aromatic carbocycles. The fraction of sp³-hybridized carbons (Fsp3) is 0.545. The van der Waals surface area contributed by atoms with Crippen molar-refractivity contribution in [3.05, 3.63) is 23.9 Å². The van der Waals surface area contributed by atoms with Gasteiger partial charge in [-0.05, 0) is 19.9 Å². The van der Waals surface area contributed by atoms with Gasteiger partial charge in [0.2, 0.25) is 5.88 Å². The van der Waals surface area contributed by atoms with Crippen LogP contribution in [0.5, 0.6) is 5.88 Å². The summed E-state index contributed by atoms with van der Waals surface area (Å²) < 4.78 is 10.6. The lowest BCUT2D eigenvalue weighted by Crippen LogP contribution is -2.33. The van der Waals surface area contributed by atoms with E-state index in [0.29, 0.717) is 19.0 Å². The molecule has 0 radical (unpaired) electrons. The zero-order valence-electron chi connectivity index (χ0n) is 9.49. The highest BCUT2D eigenvalue weighted by atomic mass is 16.5. The van der Waals surface area contributed by atoms with Crippen LogP contribution in [0.15, 0.2) is 18.2 Å². The van der Waals surface area contributed by atoms with E-state index in [1.54, 1.807) is 13.2 Å². The van der Waals surface area contributed by atoms with Gasteiger partial charge in [0, 0.05) is 12.6 Å². The number of nitrogens with two attached hydrogens (primary N) is 1. The van der Waals surface area contributed by atoms with Crippen molar-refractivity contribution in [2.75, 3.05) is 13.7 Å². The molecule has 4 heteroatoms. The van der Waals surface area contributed by atoms with Crippen molar-refractivity contribution in [1.82, 2.24) is 4.98 Å². The van der Waals surface area contributed by atoms with Crippen LogP contribution in [0.1, 0.15) is 19.5 Å². The Morgan fingerprint density at radius 3 is 2.73 bits per heavy atom. The van der Waals surface area contributed by atoms with Crippen LogP contribution >= 0.6 is 0 Å². The lowest BCUT2D eigenvalue weighted by atomic mass is 10.1. The molecular formula is C11H18N2O2. The average molecular weight is 210 g/mol. The van der Waals surface area contributed by atoms with Crippen molar-refractivity contribution in [3.63, 3.8) is 0 Å². The lowest BCUT2D eigenvalue weighted by molar-refractivity contribution is -0.0237. The van der Waals surface area contributed by atoms with Crippen LogP contribution in [0.3, 0.4) is 0 Å². The Kier molecular flexibility index (Phi) is 4.05. The van der Waals surface area contributed by atoms with E-state index >= 15 is 0 Å². The van der Waals surface area contributed by atoms with Crippen molar-refractivity contribution < 1.29 is 9.47 Å². The molecule has 84 valence electrons. The van der Waals surface area contributed by atoms with Crippen LogP contribution in [0.25, 0.3) is 0 Å². The maximum absolute atomic E-state index is 5.62. The van der Waals surface area contributed by atoms with Crippen molar-refractivity contribution in [2.24, 2.45) is 5.73 Å². The zero-order chi connectivity index (χ0) is 11.3. The molecular weight excluding hydrogens is 192 g/mol. The van der Waals surface area contributed by atoms with E-state index in [4.69, 9.17) is 15.2 Å². The number of nitrogens with zero attached hydrogens (tertiary/aromatic N) is 1. The van der Waals surface area contributed by atoms with E-state index in [2.05, 4.69) is 4.98 Å². The van der Waals surface area contributed by atoms with E-state index in [1.807, 2.05) is 26.0 Å². The van der Waals surface area contributed by atoms with Crippen molar-refractivity contribution >= 4 is 0 Å². The third-order valence-electron chi connectivity index (χ3n) is 2.09. The van der Waals surface area contributed by atoms with Crippen LogP contribution < -0.4 is 10.5 Å². The molecule has 4 nitrogen and oxygen atoms in total. The quantitative estimate of drug-likeness (QED) is 0.797. The molecule has 0 saturated carbocycles. The second-order valence-corrected chi connectivity index (χ2v) is 3.92. The number of pyridine rings is 1. The van der Waals surface area contributed by atoms with Crippen molar-refractivity contribution in [1.29, 1.82) is 0 Å². The fourth-order valence-corrected chi connectivity index (χ4v) is 0.980. The van der Waals surface area contributed by atoms with Gasteiger partial charge < -0.3 is 15.2 Å². The number of aromatic nitrogens is 1. The van der Waals surface area contributed by atoms with Crippen molar-refractivity contribution in [3.8, 4) is 5.88 Å². The maximum Gasteiger partial charge on any atom is 0.213 e. The van der Waals surface area contributed by atoms with Crippen LogP contribution in [0.4, 0.5) is 0 Å². The Hall–Kier alpha value is -1.13. The number of methoxy groups -OCH3 is 1.